The van der Waals surface area contributed by atoms with Gasteiger partial charge in [-0.05, 0) is 19.1 Å². The Kier molecular flexibility index (Phi) is 11.0. The predicted molar refractivity (Wildman–Crippen MR) is 89.2 cm³/mol. The molecule has 2 heterocycles. The van der Waals surface area contributed by atoms with E-state index < -0.39 is 0 Å². The molecule has 0 saturated heterocycles. The Balaban J connectivity index is 0.000000305. The average Bonchev–Trinajstić information content (AvgIpc) is 3.14. The Morgan fingerprint density at radius 2 is 1.68 bits per heavy atom. The van der Waals surface area contributed by atoms with Crippen molar-refractivity contribution in [2.45, 2.75) is 34.6 Å². The average molecular weight is 294 g/mol. The Labute approximate surface area is 124 Å². The first-order valence-electron chi connectivity index (χ1n) is 6.50. The topological polar surface area (TPSA) is 25.8 Å². The lowest BCUT2D eigenvalue weighted by molar-refractivity contribution is 1.35. The summed E-state index contributed by atoms with van der Waals surface area (Å²) in [6, 6.07) is 8.19. The van der Waals surface area contributed by atoms with Gasteiger partial charge in [0.05, 0.1) is 20.7 Å². The molecule has 2 aromatic heterocycles. The number of nitrogens with zero attached hydrogens (tertiary/aromatic N) is 2. The molecule has 2 nitrogen and oxygen atoms in total. The zero-order chi connectivity index (χ0) is 14.5. The summed E-state index contributed by atoms with van der Waals surface area (Å²) >= 11 is 3.34. The van der Waals surface area contributed by atoms with Crippen molar-refractivity contribution in [1.29, 1.82) is 0 Å². The summed E-state index contributed by atoms with van der Waals surface area (Å²) in [7, 11) is 0. The molecule has 3 aromatic rings. The third-order valence-electron chi connectivity index (χ3n) is 1.75. The normalized spacial score (nSPS) is 8.26. The summed E-state index contributed by atoms with van der Waals surface area (Å²) in [4.78, 5) is 8.07. The number of hydrogen-bond acceptors (Lipinski definition) is 4. The fourth-order valence-corrected chi connectivity index (χ4v) is 2.34. The van der Waals surface area contributed by atoms with E-state index >= 15 is 0 Å². The first-order valence-corrected chi connectivity index (χ1v) is 8.26. The number of aryl methyl sites for hydroxylation is 1. The quantitative estimate of drug-likeness (QED) is 0.523. The Bertz CT molecular complexity index is 465. The molecule has 104 valence electrons. The molecule has 4 heteroatoms. The van der Waals surface area contributed by atoms with Crippen LogP contribution in [-0.2, 0) is 0 Å². The second-order valence-corrected chi connectivity index (χ2v) is 4.87. The van der Waals surface area contributed by atoms with E-state index in [4.69, 9.17) is 0 Å². The lowest BCUT2D eigenvalue weighted by atomic mass is 10.3. The van der Waals surface area contributed by atoms with Crippen LogP contribution in [0, 0.1) is 6.92 Å². The summed E-state index contributed by atoms with van der Waals surface area (Å²) in [5.74, 6) is 0. The number of hydrogen-bond donors (Lipinski definition) is 0. The Morgan fingerprint density at radius 3 is 2.16 bits per heavy atom. The van der Waals surface area contributed by atoms with Gasteiger partial charge in [-0.2, -0.15) is 0 Å². The summed E-state index contributed by atoms with van der Waals surface area (Å²) < 4.78 is 1.28. The van der Waals surface area contributed by atoms with E-state index in [0.29, 0.717) is 0 Å². The zero-order valence-corrected chi connectivity index (χ0v) is 13.9. The smallest absolute Gasteiger partial charge is 0.0907 e. The van der Waals surface area contributed by atoms with Crippen LogP contribution in [-0.4, -0.2) is 9.97 Å². The summed E-state index contributed by atoms with van der Waals surface area (Å²) in [5.41, 5.74) is 2.91. The fraction of sp³-hybridized carbons (Fsp3) is 0.333. The first-order chi connectivity index (χ1) is 9.36. The van der Waals surface area contributed by atoms with Gasteiger partial charge in [0.15, 0.2) is 0 Å². The van der Waals surface area contributed by atoms with Crippen LogP contribution < -0.4 is 0 Å². The lowest BCUT2D eigenvalue weighted by Crippen LogP contribution is -1.65. The standard InChI is InChI=1S/C8H7NS.C3H3NS.2C2H6/c1-6-9-7-4-2-3-5-8(7)10-6;1-2-5-3-4-1;2*1-2/h2-5H,1H3;1-3H;2*1-2H3. The van der Waals surface area contributed by atoms with Gasteiger partial charge in [-0.25, -0.2) is 4.98 Å². The molecule has 0 bridgehead atoms. The molecule has 0 aliphatic rings. The second kappa shape index (κ2) is 11.8. The molecule has 0 fully saturated rings. The lowest BCUT2D eigenvalue weighted by Gasteiger charge is -1.80. The minimum atomic E-state index is 1.12. The van der Waals surface area contributed by atoms with Crippen molar-refractivity contribution in [3.05, 3.63) is 46.4 Å². The third-order valence-corrected chi connectivity index (χ3v) is 3.22. The molecule has 0 spiro atoms. The maximum absolute atomic E-state index is 4.33. The van der Waals surface area contributed by atoms with Crippen LogP contribution in [0.1, 0.15) is 32.7 Å². The van der Waals surface area contributed by atoms with E-state index in [1.807, 2.05) is 58.2 Å². The number of thiazole rings is 2. The van der Waals surface area contributed by atoms with E-state index in [9.17, 15) is 0 Å². The van der Waals surface area contributed by atoms with Crippen molar-refractivity contribution >= 4 is 32.9 Å². The van der Waals surface area contributed by atoms with Crippen LogP contribution in [0.2, 0.25) is 0 Å². The second-order valence-electron chi connectivity index (χ2n) is 2.88. The molecule has 3 rings (SSSR count). The number of para-hydroxylation sites is 1. The number of fused-ring (bicyclic) bond motifs is 1. The molecule has 0 unspecified atom stereocenters. The van der Waals surface area contributed by atoms with Crippen molar-refractivity contribution in [3.8, 4) is 0 Å². The van der Waals surface area contributed by atoms with Crippen molar-refractivity contribution in [2.75, 3.05) is 0 Å². The number of rotatable bonds is 0. The monoisotopic (exact) mass is 294 g/mol. The summed E-state index contributed by atoms with van der Waals surface area (Å²) in [6.07, 6.45) is 1.77. The number of benzene rings is 1. The minimum absolute atomic E-state index is 1.12. The van der Waals surface area contributed by atoms with Gasteiger partial charge in [0.1, 0.15) is 0 Å². The maximum Gasteiger partial charge on any atom is 0.0907 e. The maximum atomic E-state index is 4.33. The van der Waals surface area contributed by atoms with E-state index in [-0.39, 0.29) is 0 Å². The molecule has 1 aromatic carbocycles. The molecule has 0 aliphatic heterocycles. The molecular weight excluding hydrogens is 272 g/mol. The van der Waals surface area contributed by atoms with Crippen LogP contribution in [0.3, 0.4) is 0 Å². The minimum Gasteiger partial charge on any atom is -0.253 e. The SMILES string of the molecule is CC.CC.Cc1nc2ccccc2s1.c1cscn1. The summed E-state index contributed by atoms with van der Waals surface area (Å²) in [5, 5.41) is 3.07. The molecule has 19 heavy (non-hydrogen) atoms. The van der Waals surface area contributed by atoms with Crippen LogP contribution >= 0.6 is 22.7 Å². The highest BCUT2D eigenvalue weighted by molar-refractivity contribution is 7.18. The van der Waals surface area contributed by atoms with E-state index in [2.05, 4.69) is 16.0 Å². The summed E-state index contributed by atoms with van der Waals surface area (Å²) in [6.45, 7) is 10.0. The molecule has 0 N–H and O–H groups in total. The third kappa shape index (κ3) is 7.03. The zero-order valence-electron chi connectivity index (χ0n) is 12.3. The van der Waals surface area contributed by atoms with Gasteiger partial charge in [-0.1, -0.05) is 39.8 Å². The van der Waals surface area contributed by atoms with Crippen molar-refractivity contribution in [1.82, 2.24) is 9.97 Å². The Hall–Kier alpha value is -1.26. The van der Waals surface area contributed by atoms with Crippen molar-refractivity contribution in [3.63, 3.8) is 0 Å². The molecular formula is C15H22N2S2. The highest BCUT2D eigenvalue weighted by Gasteiger charge is 1.95. The van der Waals surface area contributed by atoms with Gasteiger partial charge in [-0.15, -0.1) is 22.7 Å². The van der Waals surface area contributed by atoms with Crippen LogP contribution in [0.4, 0.5) is 0 Å². The van der Waals surface area contributed by atoms with E-state index in [0.717, 1.165) is 10.5 Å². The van der Waals surface area contributed by atoms with Gasteiger partial charge in [0.25, 0.3) is 0 Å². The molecule has 0 amide bonds. The fourth-order valence-electron chi connectivity index (χ4n) is 1.16. The van der Waals surface area contributed by atoms with Gasteiger partial charge in [-0.3, -0.25) is 4.98 Å². The van der Waals surface area contributed by atoms with E-state index in [1.165, 1.54) is 4.70 Å². The molecule has 0 atom stereocenters. The van der Waals surface area contributed by atoms with Gasteiger partial charge in [0.2, 0.25) is 0 Å². The molecule has 0 aliphatic carbocycles. The first kappa shape index (κ1) is 17.7. The highest BCUT2D eigenvalue weighted by Crippen LogP contribution is 2.19. The van der Waals surface area contributed by atoms with Crippen LogP contribution in [0.25, 0.3) is 10.2 Å². The van der Waals surface area contributed by atoms with Gasteiger partial charge >= 0.3 is 0 Å². The highest BCUT2D eigenvalue weighted by atomic mass is 32.1. The molecule has 0 saturated carbocycles. The largest absolute Gasteiger partial charge is 0.253 e. The Morgan fingerprint density at radius 1 is 1.00 bits per heavy atom. The van der Waals surface area contributed by atoms with Gasteiger partial charge < -0.3 is 0 Å². The molecule has 0 radical (unpaired) electrons. The number of aromatic nitrogens is 2. The predicted octanol–water partition coefficient (Wildman–Crippen LogP) is 5.80. The van der Waals surface area contributed by atoms with Crippen molar-refractivity contribution < 1.29 is 0 Å². The van der Waals surface area contributed by atoms with Crippen LogP contribution in [0.15, 0.2) is 41.4 Å². The van der Waals surface area contributed by atoms with Crippen LogP contribution in [0.5, 0.6) is 0 Å². The van der Waals surface area contributed by atoms with Gasteiger partial charge in [0, 0.05) is 11.6 Å². The van der Waals surface area contributed by atoms with E-state index in [1.54, 1.807) is 34.4 Å². The van der Waals surface area contributed by atoms with Crippen molar-refractivity contribution in [2.24, 2.45) is 0 Å².